The van der Waals surface area contributed by atoms with Crippen molar-refractivity contribution in [2.24, 2.45) is 0 Å². The second-order valence-corrected chi connectivity index (χ2v) is 4.53. The Morgan fingerprint density at radius 2 is 2.05 bits per heavy atom. The first-order chi connectivity index (χ1) is 9.69. The van der Waals surface area contributed by atoms with Gasteiger partial charge in [0, 0.05) is 22.3 Å². The molecule has 0 aliphatic heterocycles. The summed E-state index contributed by atoms with van der Waals surface area (Å²) < 4.78 is 5.41. The summed E-state index contributed by atoms with van der Waals surface area (Å²) in [5.74, 6) is 0.460. The normalized spacial score (nSPS) is 9.85. The number of nitrogens with one attached hydrogen (secondary N) is 1. The zero-order valence-electron chi connectivity index (χ0n) is 10.8. The third-order valence-electron chi connectivity index (χ3n) is 2.55. The fourth-order valence-corrected chi connectivity index (χ4v) is 1.84. The molecule has 20 heavy (non-hydrogen) atoms. The summed E-state index contributed by atoms with van der Waals surface area (Å²) >= 11 is 5.86. The van der Waals surface area contributed by atoms with E-state index in [1.165, 1.54) is 0 Å². The van der Waals surface area contributed by atoms with E-state index in [1.54, 1.807) is 42.5 Å². The lowest BCUT2D eigenvalue weighted by Gasteiger charge is -2.08. The lowest BCUT2D eigenvalue weighted by Crippen LogP contribution is -2.11. The van der Waals surface area contributed by atoms with Crippen molar-refractivity contribution < 1.29 is 9.53 Å². The molecule has 4 heteroatoms. The Morgan fingerprint density at radius 3 is 2.80 bits per heavy atom. The average molecular weight is 288 g/mol. The number of halogens is 1. The van der Waals surface area contributed by atoms with Crippen LogP contribution in [-0.4, -0.2) is 12.5 Å². The fraction of sp³-hybridized carbons (Fsp3) is 0.0625. The molecule has 0 aromatic heterocycles. The van der Waals surface area contributed by atoms with Crippen molar-refractivity contribution in [3.05, 3.63) is 71.8 Å². The van der Waals surface area contributed by atoms with Crippen molar-refractivity contribution in [3.63, 3.8) is 0 Å². The molecule has 2 aromatic rings. The zero-order valence-corrected chi connectivity index (χ0v) is 11.6. The molecule has 2 aromatic carbocycles. The molecule has 1 amide bonds. The molecule has 0 unspecified atom stereocenters. The molecule has 2 rings (SSSR count). The number of carbonyl (C=O) groups is 1. The molecular formula is C16H14ClNO2. The van der Waals surface area contributed by atoms with Crippen LogP contribution in [0.3, 0.4) is 0 Å². The van der Waals surface area contributed by atoms with Gasteiger partial charge in [-0.3, -0.25) is 4.79 Å². The van der Waals surface area contributed by atoms with Crippen molar-refractivity contribution >= 4 is 23.2 Å². The van der Waals surface area contributed by atoms with Crippen LogP contribution < -0.4 is 10.1 Å². The van der Waals surface area contributed by atoms with Gasteiger partial charge in [-0.1, -0.05) is 36.4 Å². The standard InChI is InChI=1S/C16H14ClNO2/c1-2-9-20-15-8-4-7-14(11-15)18-16(19)12-5-3-6-13(17)10-12/h2-8,10-11H,1,9H2,(H,18,19). The number of benzene rings is 2. The van der Waals surface area contributed by atoms with Gasteiger partial charge < -0.3 is 10.1 Å². The highest BCUT2D eigenvalue weighted by molar-refractivity contribution is 6.31. The number of amides is 1. The van der Waals surface area contributed by atoms with E-state index in [1.807, 2.05) is 12.1 Å². The maximum Gasteiger partial charge on any atom is 0.255 e. The van der Waals surface area contributed by atoms with Gasteiger partial charge in [0.05, 0.1) is 0 Å². The van der Waals surface area contributed by atoms with E-state index in [0.29, 0.717) is 28.6 Å². The molecular weight excluding hydrogens is 274 g/mol. The van der Waals surface area contributed by atoms with Crippen LogP contribution in [0.15, 0.2) is 61.2 Å². The lowest BCUT2D eigenvalue weighted by atomic mass is 10.2. The topological polar surface area (TPSA) is 38.3 Å². The van der Waals surface area contributed by atoms with Crippen LogP contribution in [0.4, 0.5) is 5.69 Å². The van der Waals surface area contributed by atoms with Crippen LogP contribution in [0, 0.1) is 0 Å². The molecule has 1 N–H and O–H groups in total. The first kappa shape index (κ1) is 14.2. The molecule has 0 fully saturated rings. The van der Waals surface area contributed by atoms with Gasteiger partial charge in [0.25, 0.3) is 5.91 Å². The van der Waals surface area contributed by atoms with Gasteiger partial charge in [-0.25, -0.2) is 0 Å². The third kappa shape index (κ3) is 3.87. The summed E-state index contributed by atoms with van der Waals surface area (Å²) in [5.41, 5.74) is 1.17. The predicted octanol–water partition coefficient (Wildman–Crippen LogP) is 4.16. The molecule has 0 aliphatic carbocycles. The molecule has 0 spiro atoms. The summed E-state index contributed by atoms with van der Waals surface area (Å²) in [6.45, 7) is 4.01. The highest BCUT2D eigenvalue weighted by Crippen LogP contribution is 2.19. The van der Waals surface area contributed by atoms with Crippen LogP contribution in [0.2, 0.25) is 5.02 Å². The predicted molar refractivity (Wildman–Crippen MR) is 81.5 cm³/mol. The zero-order chi connectivity index (χ0) is 14.4. The SMILES string of the molecule is C=CCOc1cccc(NC(=O)c2cccc(Cl)c2)c1. The second-order valence-electron chi connectivity index (χ2n) is 4.09. The first-order valence-electron chi connectivity index (χ1n) is 6.10. The molecule has 3 nitrogen and oxygen atoms in total. The first-order valence-corrected chi connectivity index (χ1v) is 6.47. The van der Waals surface area contributed by atoms with Gasteiger partial charge in [0.15, 0.2) is 0 Å². The summed E-state index contributed by atoms with van der Waals surface area (Å²) in [6, 6.07) is 14.0. The Morgan fingerprint density at radius 1 is 1.25 bits per heavy atom. The number of hydrogen-bond acceptors (Lipinski definition) is 2. The van der Waals surface area contributed by atoms with Crippen LogP contribution in [0.5, 0.6) is 5.75 Å². The maximum atomic E-state index is 12.1. The minimum Gasteiger partial charge on any atom is -0.489 e. The molecule has 0 bridgehead atoms. The van der Waals surface area contributed by atoms with Gasteiger partial charge in [-0.05, 0) is 30.3 Å². The smallest absolute Gasteiger partial charge is 0.255 e. The molecule has 0 atom stereocenters. The fourth-order valence-electron chi connectivity index (χ4n) is 1.65. The second kappa shape index (κ2) is 6.78. The molecule has 0 saturated heterocycles. The van der Waals surface area contributed by atoms with Gasteiger partial charge in [0.1, 0.15) is 12.4 Å². The van der Waals surface area contributed by atoms with Gasteiger partial charge in [-0.2, -0.15) is 0 Å². The van der Waals surface area contributed by atoms with E-state index < -0.39 is 0 Å². The summed E-state index contributed by atoms with van der Waals surface area (Å²) in [6.07, 6.45) is 1.66. The van der Waals surface area contributed by atoms with E-state index in [4.69, 9.17) is 16.3 Å². The van der Waals surface area contributed by atoms with E-state index in [-0.39, 0.29) is 5.91 Å². The molecule has 0 saturated carbocycles. The third-order valence-corrected chi connectivity index (χ3v) is 2.78. The van der Waals surface area contributed by atoms with Crippen molar-refractivity contribution in [3.8, 4) is 5.75 Å². The van der Waals surface area contributed by atoms with Crippen molar-refractivity contribution in [2.75, 3.05) is 11.9 Å². The van der Waals surface area contributed by atoms with E-state index in [0.717, 1.165) is 0 Å². The number of hydrogen-bond donors (Lipinski definition) is 1. The molecule has 0 heterocycles. The number of rotatable bonds is 5. The maximum absolute atomic E-state index is 12.1. The molecule has 0 radical (unpaired) electrons. The monoisotopic (exact) mass is 287 g/mol. The molecule has 102 valence electrons. The Balaban J connectivity index is 2.09. The Labute approximate surface area is 122 Å². The van der Waals surface area contributed by atoms with Gasteiger partial charge >= 0.3 is 0 Å². The van der Waals surface area contributed by atoms with Crippen LogP contribution in [-0.2, 0) is 0 Å². The van der Waals surface area contributed by atoms with E-state index in [2.05, 4.69) is 11.9 Å². The number of carbonyl (C=O) groups excluding carboxylic acids is 1. The lowest BCUT2D eigenvalue weighted by molar-refractivity contribution is 0.102. The van der Waals surface area contributed by atoms with Crippen molar-refractivity contribution in [1.82, 2.24) is 0 Å². The Hall–Kier alpha value is -2.26. The van der Waals surface area contributed by atoms with Crippen LogP contribution >= 0.6 is 11.6 Å². The summed E-state index contributed by atoms with van der Waals surface area (Å²) in [5, 5.41) is 3.33. The number of ether oxygens (including phenoxy) is 1. The largest absolute Gasteiger partial charge is 0.489 e. The van der Waals surface area contributed by atoms with E-state index in [9.17, 15) is 4.79 Å². The van der Waals surface area contributed by atoms with Crippen LogP contribution in [0.1, 0.15) is 10.4 Å². The van der Waals surface area contributed by atoms with Crippen molar-refractivity contribution in [1.29, 1.82) is 0 Å². The highest BCUT2D eigenvalue weighted by Gasteiger charge is 2.06. The summed E-state index contributed by atoms with van der Waals surface area (Å²) in [7, 11) is 0. The number of anilines is 1. The van der Waals surface area contributed by atoms with E-state index >= 15 is 0 Å². The highest BCUT2D eigenvalue weighted by atomic mass is 35.5. The van der Waals surface area contributed by atoms with Gasteiger partial charge in [-0.15, -0.1) is 0 Å². The molecule has 0 aliphatic rings. The minimum atomic E-state index is -0.214. The Bertz CT molecular complexity index is 625. The van der Waals surface area contributed by atoms with Crippen LogP contribution in [0.25, 0.3) is 0 Å². The Kier molecular flexibility index (Phi) is 4.80. The van der Waals surface area contributed by atoms with Gasteiger partial charge in [0.2, 0.25) is 0 Å². The average Bonchev–Trinajstić information content (AvgIpc) is 2.45. The quantitative estimate of drug-likeness (QED) is 0.839. The van der Waals surface area contributed by atoms with Crippen molar-refractivity contribution in [2.45, 2.75) is 0 Å². The summed E-state index contributed by atoms with van der Waals surface area (Å²) in [4.78, 5) is 12.1. The minimum absolute atomic E-state index is 0.214.